The molecule has 0 amide bonds. The number of aliphatic hydroxyl groups is 1. The molecule has 0 aromatic rings. The third-order valence-corrected chi connectivity index (χ3v) is 4.92. The van der Waals surface area contributed by atoms with Crippen molar-refractivity contribution in [1.29, 1.82) is 0 Å². The lowest BCUT2D eigenvalue weighted by atomic mass is 9.93. The van der Waals surface area contributed by atoms with Crippen molar-refractivity contribution in [3.63, 3.8) is 0 Å². The van der Waals surface area contributed by atoms with E-state index in [0.717, 1.165) is 18.5 Å². The Labute approximate surface area is 156 Å². The Morgan fingerprint density at radius 2 is 2.35 bits per heavy atom. The number of carbonyl (C=O) groups excluding carboxylic acids is 1. The first kappa shape index (κ1) is 20.3. The monoisotopic (exact) mass is 359 g/mol. The average Bonchev–Trinajstić information content (AvgIpc) is 3.21. The van der Waals surface area contributed by atoms with E-state index in [2.05, 4.69) is 34.2 Å². The second kappa shape index (κ2) is 10.2. The van der Waals surface area contributed by atoms with Crippen molar-refractivity contribution in [2.75, 3.05) is 13.7 Å². The number of hydrogen-bond acceptors (Lipinski definition) is 5. The normalized spacial score (nSPS) is 23.5. The molecule has 4 atom stereocenters. The maximum Gasteiger partial charge on any atom is 0.307 e. The highest BCUT2D eigenvalue weighted by Crippen LogP contribution is 2.42. The van der Waals surface area contributed by atoms with Crippen LogP contribution in [-0.2, 0) is 14.4 Å². The molecule has 0 fully saturated rings. The van der Waals surface area contributed by atoms with Crippen LogP contribution in [0.15, 0.2) is 35.6 Å². The van der Waals surface area contributed by atoms with E-state index in [1.165, 1.54) is 12.7 Å². The lowest BCUT2D eigenvalue weighted by Crippen LogP contribution is -2.16. The van der Waals surface area contributed by atoms with Crippen LogP contribution in [-0.4, -0.2) is 30.9 Å². The number of hydroxylamine groups is 1. The molecule has 0 saturated carbocycles. The van der Waals surface area contributed by atoms with Crippen LogP contribution < -0.4 is 5.48 Å². The van der Waals surface area contributed by atoms with Crippen LogP contribution in [0, 0.1) is 29.6 Å². The van der Waals surface area contributed by atoms with Gasteiger partial charge < -0.3 is 9.84 Å². The molecule has 0 aromatic heterocycles. The molecule has 0 aromatic carbocycles. The molecule has 0 spiro atoms. The second-order valence-electron chi connectivity index (χ2n) is 6.86. The molecule has 0 heterocycles. The molecular formula is C21H29NO4. The first-order valence-corrected chi connectivity index (χ1v) is 9.16. The van der Waals surface area contributed by atoms with Gasteiger partial charge in [0.1, 0.15) is 0 Å². The number of fused-ring (bicyclic) bond motifs is 1. The predicted molar refractivity (Wildman–Crippen MR) is 100 cm³/mol. The smallest absolute Gasteiger partial charge is 0.307 e. The van der Waals surface area contributed by atoms with Crippen molar-refractivity contribution in [2.45, 2.75) is 45.6 Å². The molecule has 2 unspecified atom stereocenters. The van der Waals surface area contributed by atoms with E-state index in [0.29, 0.717) is 18.3 Å². The number of hydrogen-bond donors (Lipinski definition) is 2. The van der Waals surface area contributed by atoms with Gasteiger partial charge in [-0.1, -0.05) is 31.2 Å². The summed E-state index contributed by atoms with van der Waals surface area (Å²) < 4.78 is 4.58. The van der Waals surface area contributed by atoms with Crippen LogP contribution in [0.5, 0.6) is 0 Å². The number of aliphatic hydroxyl groups excluding tert-OH is 1. The zero-order valence-corrected chi connectivity index (χ0v) is 15.8. The van der Waals surface area contributed by atoms with Gasteiger partial charge in [-0.15, -0.1) is 11.8 Å². The van der Waals surface area contributed by atoms with E-state index < -0.39 is 6.10 Å². The SMILES string of the molecule is CC#CCC(C)C(O)C=CC1=CC[C@@H]2CC(NOCCC(=O)OC)=C[C@@H]12. The molecule has 26 heavy (non-hydrogen) atoms. The highest BCUT2D eigenvalue weighted by molar-refractivity contribution is 5.69. The average molecular weight is 359 g/mol. The third-order valence-electron chi connectivity index (χ3n) is 4.92. The van der Waals surface area contributed by atoms with Crippen LogP contribution in [0.4, 0.5) is 0 Å². The second-order valence-corrected chi connectivity index (χ2v) is 6.86. The number of allylic oxidation sites excluding steroid dienone is 5. The van der Waals surface area contributed by atoms with E-state index >= 15 is 0 Å². The molecule has 2 aliphatic carbocycles. The lowest BCUT2D eigenvalue weighted by molar-refractivity contribution is -0.142. The van der Waals surface area contributed by atoms with Gasteiger partial charge in [-0.3, -0.25) is 15.1 Å². The Bertz CT molecular complexity index is 638. The van der Waals surface area contributed by atoms with Gasteiger partial charge >= 0.3 is 5.97 Å². The molecular weight excluding hydrogens is 330 g/mol. The first-order valence-electron chi connectivity index (χ1n) is 9.16. The number of rotatable bonds is 9. The number of ether oxygens (including phenoxy) is 1. The highest BCUT2D eigenvalue weighted by atomic mass is 16.6. The van der Waals surface area contributed by atoms with Crippen molar-refractivity contribution in [1.82, 2.24) is 5.48 Å². The first-order chi connectivity index (χ1) is 12.5. The standard InChI is InChI=1S/C21H29NO4/c1-4-5-6-15(2)20(23)10-9-16-7-8-17-13-18(14-19(16)17)22-26-12-11-21(24)25-3/h7,9-10,14-15,17,19-20,22-23H,6,8,11-13H2,1-3H3/t15?,17-,19+,20?/m1/s1. The summed E-state index contributed by atoms with van der Waals surface area (Å²) in [5, 5.41) is 10.2. The Kier molecular flexibility index (Phi) is 7.96. The molecule has 0 radical (unpaired) electrons. The molecule has 2 N–H and O–H groups in total. The number of carbonyl (C=O) groups is 1. The van der Waals surface area contributed by atoms with Crippen molar-refractivity contribution in [3.8, 4) is 11.8 Å². The zero-order valence-electron chi connectivity index (χ0n) is 15.8. The molecule has 2 aliphatic rings. The minimum absolute atomic E-state index is 0.121. The Hall–Kier alpha value is -2.03. The zero-order chi connectivity index (χ0) is 18.9. The number of methoxy groups -OCH3 is 1. The Balaban J connectivity index is 1.81. The maximum atomic E-state index is 11.1. The van der Waals surface area contributed by atoms with E-state index in [9.17, 15) is 9.90 Å². The number of nitrogens with one attached hydrogen (secondary N) is 1. The van der Waals surface area contributed by atoms with Crippen molar-refractivity contribution < 1.29 is 19.5 Å². The minimum atomic E-state index is -0.486. The lowest BCUT2D eigenvalue weighted by Gasteiger charge is -2.14. The van der Waals surface area contributed by atoms with Gasteiger partial charge in [0.2, 0.25) is 0 Å². The third kappa shape index (κ3) is 5.76. The van der Waals surface area contributed by atoms with Crippen LogP contribution >= 0.6 is 0 Å². The van der Waals surface area contributed by atoms with E-state index in [1.807, 2.05) is 26.0 Å². The summed E-state index contributed by atoms with van der Waals surface area (Å²) in [7, 11) is 1.37. The molecule has 0 bridgehead atoms. The van der Waals surface area contributed by atoms with Crippen molar-refractivity contribution >= 4 is 5.97 Å². The molecule has 0 saturated heterocycles. The minimum Gasteiger partial charge on any atom is -0.469 e. The van der Waals surface area contributed by atoms with Crippen LogP contribution in [0.3, 0.4) is 0 Å². The molecule has 5 heteroatoms. The van der Waals surface area contributed by atoms with Crippen LogP contribution in [0.1, 0.15) is 39.5 Å². The van der Waals surface area contributed by atoms with Gasteiger partial charge in [-0.05, 0) is 37.2 Å². The van der Waals surface area contributed by atoms with Gasteiger partial charge in [0.25, 0.3) is 0 Å². The van der Waals surface area contributed by atoms with Gasteiger partial charge in [0.15, 0.2) is 0 Å². The predicted octanol–water partition coefficient (Wildman–Crippen LogP) is 2.89. The quantitative estimate of drug-likeness (QED) is 0.287. The van der Waals surface area contributed by atoms with Crippen molar-refractivity contribution in [3.05, 3.63) is 35.6 Å². The van der Waals surface area contributed by atoms with Gasteiger partial charge in [-0.2, -0.15) is 0 Å². The molecule has 142 valence electrons. The summed E-state index contributed by atoms with van der Waals surface area (Å²) in [5.41, 5.74) is 5.25. The fourth-order valence-corrected chi connectivity index (χ4v) is 3.27. The maximum absolute atomic E-state index is 11.1. The highest BCUT2D eigenvalue weighted by Gasteiger charge is 2.33. The van der Waals surface area contributed by atoms with Gasteiger partial charge in [0, 0.05) is 18.0 Å². The van der Waals surface area contributed by atoms with E-state index in [4.69, 9.17) is 4.84 Å². The van der Waals surface area contributed by atoms with Gasteiger partial charge in [0.05, 0.1) is 26.2 Å². The molecule has 5 nitrogen and oxygen atoms in total. The van der Waals surface area contributed by atoms with Crippen molar-refractivity contribution in [2.24, 2.45) is 17.8 Å². The summed E-state index contributed by atoms with van der Waals surface area (Å²) in [4.78, 5) is 16.4. The summed E-state index contributed by atoms with van der Waals surface area (Å²) >= 11 is 0. The summed E-state index contributed by atoms with van der Waals surface area (Å²) in [5.74, 6) is 6.62. The fraction of sp³-hybridized carbons (Fsp3) is 0.571. The summed E-state index contributed by atoms with van der Waals surface area (Å²) in [6.07, 6.45) is 10.8. The van der Waals surface area contributed by atoms with Crippen LogP contribution in [0.25, 0.3) is 0 Å². The molecule has 0 aliphatic heterocycles. The fourth-order valence-electron chi connectivity index (χ4n) is 3.27. The Morgan fingerprint density at radius 1 is 1.54 bits per heavy atom. The van der Waals surface area contributed by atoms with E-state index in [-0.39, 0.29) is 24.9 Å². The topological polar surface area (TPSA) is 67.8 Å². The summed E-state index contributed by atoms with van der Waals surface area (Å²) in [6.45, 7) is 4.11. The Morgan fingerprint density at radius 3 is 3.08 bits per heavy atom. The van der Waals surface area contributed by atoms with Crippen LogP contribution in [0.2, 0.25) is 0 Å². The van der Waals surface area contributed by atoms with E-state index in [1.54, 1.807) is 0 Å². The largest absolute Gasteiger partial charge is 0.469 e. The summed E-state index contributed by atoms with van der Waals surface area (Å²) in [6, 6.07) is 0. The van der Waals surface area contributed by atoms with Gasteiger partial charge in [-0.25, -0.2) is 0 Å². The number of esters is 1. The molecule has 2 rings (SSSR count).